The van der Waals surface area contributed by atoms with Gasteiger partial charge in [0, 0.05) is 11.8 Å². The quantitative estimate of drug-likeness (QED) is 0.646. The number of rotatable bonds is 3. The zero-order valence-electron chi connectivity index (χ0n) is 11.4. The standard InChI is InChI=1S/C16H12ClN3O2/c17-12-8-11(6-7-14(12)21)18-15-9-13(19-16(22)20-15)10-4-2-1-3-5-10/h1-9,21H,(H2,18,19,20,22). The molecule has 0 aliphatic rings. The molecule has 6 heteroatoms. The lowest BCUT2D eigenvalue weighted by molar-refractivity contribution is 0.475. The van der Waals surface area contributed by atoms with Crippen LogP contribution in [0.2, 0.25) is 5.02 Å². The maximum Gasteiger partial charge on any atom is 0.347 e. The largest absolute Gasteiger partial charge is 0.506 e. The predicted octanol–water partition coefficient (Wildman–Crippen LogP) is 3.54. The predicted molar refractivity (Wildman–Crippen MR) is 86.7 cm³/mol. The lowest BCUT2D eigenvalue weighted by atomic mass is 10.1. The van der Waals surface area contributed by atoms with Crippen molar-refractivity contribution in [3.05, 3.63) is 70.1 Å². The molecule has 0 fully saturated rings. The fraction of sp³-hybridized carbons (Fsp3) is 0. The van der Waals surface area contributed by atoms with Crippen LogP contribution in [0.4, 0.5) is 11.5 Å². The first-order chi connectivity index (χ1) is 10.6. The van der Waals surface area contributed by atoms with Crippen molar-refractivity contribution in [2.45, 2.75) is 0 Å². The maximum atomic E-state index is 11.7. The molecule has 3 rings (SSSR count). The van der Waals surface area contributed by atoms with Gasteiger partial charge in [-0.05, 0) is 23.8 Å². The molecule has 22 heavy (non-hydrogen) atoms. The van der Waals surface area contributed by atoms with E-state index in [9.17, 15) is 9.90 Å². The third-order valence-corrected chi connectivity index (χ3v) is 3.35. The molecular weight excluding hydrogens is 302 g/mol. The average molecular weight is 314 g/mol. The summed E-state index contributed by atoms with van der Waals surface area (Å²) in [6.07, 6.45) is 0. The van der Waals surface area contributed by atoms with Gasteiger partial charge in [0.2, 0.25) is 0 Å². The molecule has 0 radical (unpaired) electrons. The summed E-state index contributed by atoms with van der Waals surface area (Å²) in [5.41, 5.74) is 1.72. The highest BCUT2D eigenvalue weighted by molar-refractivity contribution is 6.32. The highest BCUT2D eigenvalue weighted by Crippen LogP contribution is 2.27. The molecule has 0 unspecified atom stereocenters. The number of H-pyrrole nitrogens is 1. The summed E-state index contributed by atoms with van der Waals surface area (Å²) in [5, 5.41) is 12.6. The van der Waals surface area contributed by atoms with Crippen LogP contribution in [0.25, 0.3) is 11.3 Å². The smallest absolute Gasteiger partial charge is 0.347 e. The van der Waals surface area contributed by atoms with Gasteiger partial charge < -0.3 is 15.4 Å². The monoisotopic (exact) mass is 313 g/mol. The zero-order valence-corrected chi connectivity index (χ0v) is 12.1. The second kappa shape index (κ2) is 5.91. The highest BCUT2D eigenvalue weighted by Gasteiger charge is 2.05. The van der Waals surface area contributed by atoms with Gasteiger partial charge >= 0.3 is 5.69 Å². The van der Waals surface area contributed by atoms with E-state index in [1.165, 1.54) is 6.07 Å². The maximum absolute atomic E-state index is 11.7. The molecule has 0 aliphatic carbocycles. The van der Waals surface area contributed by atoms with Crippen LogP contribution >= 0.6 is 11.6 Å². The van der Waals surface area contributed by atoms with E-state index in [4.69, 9.17) is 11.6 Å². The first-order valence-electron chi connectivity index (χ1n) is 6.54. The van der Waals surface area contributed by atoms with E-state index in [0.29, 0.717) is 17.2 Å². The number of anilines is 2. The van der Waals surface area contributed by atoms with Crippen LogP contribution in [0, 0.1) is 0 Å². The summed E-state index contributed by atoms with van der Waals surface area (Å²) < 4.78 is 0. The Bertz CT molecular complexity index is 863. The number of nitrogens with zero attached hydrogens (tertiary/aromatic N) is 1. The number of benzene rings is 2. The molecule has 2 aromatic carbocycles. The van der Waals surface area contributed by atoms with Crippen molar-refractivity contribution < 1.29 is 5.11 Å². The van der Waals surface area contributed by atoms with Crippen molar-refractivity contribution in [3.8, 4) is 17.0 Å². The summed E-state index contributed by atoms with van der Waals surface area (Å²) in [6.45, 7) is 0. The Kier molecular flexibility index (Phi) is 3.80. The van der Waals surface area contributed by atoms with Gasteiger partial charge in [0.15, 0.2) is 0 Å². The molecule has 3 N–H and O–H groups in total. The first kappa shape index (κ1) is 14.2. The molecule has 3 aromatic rings. The number of aromatic nitrogens is 2. The van der Waals surface area contributed by atoms with E-state index in [0.717, 1.165) is 5.56 Å². The summed E-state index contributed by atoms with van der Waals surface area (Å²) >= 11 is 5.86. The minimum atomic E-state index is -0.450. The highest BCUT2D eigenvalue weighted by atomic mass is 35.5. The minimum Gasteiger partial charge on any atom is -0.506 e. The van der Waals surface area contributed by atoms with Crippen LogP contribution in [0.5, 0.6) is 5.75 Å². The van der Waals surface area contributed by atoms with Crippen molar-refractivity contribution in [3.63, 3.8) is 0 Å². The number of phenolic OH excluding ortho intramolecular Hbond substituents is 1. The van der Waals surface area contributed by atoms with E-state index in [1.807, 2.05) is 30.3 Å². The molecule has 0 saturated carbocycles. The van der Waals surface area contributed by atoms with Gasteiger partial charge in [-0.2, -0.15) is 4.98 Å². The van der Waals surface area contributed by atoms with Crippen molar-refractivity contribution in [2.24, 2.45) is 0 Å². The molecule has 0 bridgehead atoms. The van der Waals surface area contributed by atoms with Crippen LogP contribution in [0.3, 0.4) is 0 Å². The molecule has 0 spiro atoms. The van der Waals surface area contributed by atoms with Crippen molar-refractivity contribution in [2.75, 3.05) is 5.32 Å². The number of phenols is 1. The van der Waals surface area contributed by atoms with Gasteiger partial charge in [0.05, 0.1) is 10.7 Å². The third kappa shape index (κ3) is 3.10. The SMILES string of the molecule is O=c1nc(Nc2ccc(O)c(Cl)c2)cc(-c2ccccc2)[nH]1. The second-order valence-electron chi connectivity index (χ2n) is 4.64. The Hall–Kier alpha value is -2.79. The van der Waals surface area contributed by atoms with Gasteiger partial charge in [0.25, 0.3) is 0 Å². The van der Waals surface area contributed by atoms with Crippen LogP contribution in [0.15, 0.2) is 59.4 Å². The second-order valence-corrected chi connectivity index (χ2v) is 5.05. The van der Waals surface area contributed by atoms with E-state index in [2.05, 4.69) is 15.3 Å². The van der Waals surface area contributed by atoms with Crippen LogP contribution < -0.4 is 11.0 Å². The van der Waals surface area contributed by atoms with Crippen molar-refractivity contribution in [1.29, 1.82) is 0 Å². The molecule has 1 heterocycles. The fourth-order valence-corrected chi connectivity index (χ4v) is 2.21. The average Bonchev–Trinajstić information content (AvgIpc) is 2.51. The summed E-state index contributed by atoms with van der Waals surface area (Å²) in [5.74, 6) is 0.389. The lowest BCUT2D eigenvalue weighted by Gasteiger charge is -2.08. The topological polar surface area (TPSA) is 78.0 Å². The summed E-state index contributed by atoms with van der Waals surface area (Å²) in [6, 6.07) is 15.9. The van der Waals surface area contributed by atoms with Gasteiger partial charge in [0.1, 0.15) is 11.6 Å². The number of nitrogens with one attached hydrogen (secondary N) is 2. The molecule has 1 aromatic heterocycles. The summed E-state index contributed by atoms with van der Waals surface area (Å²) in [4.78, 5) is 18.3. The number of hydrogen-bond acceptors (Lipinski definition) is 4. The van der Waals surface area contributed by atoms with Gasteiger partial charge in [-0.25, -0.2) is 4.79 Å². The van der Waals surface area contributed by atoms with E-state index >= 15 is 0 Å². The Morgan fingerprint density at radius 3 is 2.59 bits per heavy atom. The van der Waals surface area contributed by atoms with Gasteiger partial charge in [-0.1, -0.05) is 41.9 Å². The number of hydrogen-bond donors (Lipinski definition) is 3. The van der Waals surface area contributed by atoms with Crippen LogP contribution in [-0.2, 0) is 0 Å². The molecule has 0 saturated heterocycles. The van der Waals surface area contributed by atoms with Crippen molar-refractivity contribution >= 4 is 23.1 Å². The Labute approximate surface area is 131 Å². The summed E-state index contributed by atoms with van der Waals surface area (Å²) in [7, 11) is 0. The van der Waals surface area contributed by atoms with E-state index in [1.54, 1.807) is 18.2 Å². The Balaban J connectivity index is 1.96. The molecule has 5 nitrogen and oxygen atoms in total. The first-order valence-corrected chi connectivity index (χ1v) is 6.92. The lowest BCUT2D eigenvalue weighted by Crippen LogP contribution is -2.13. The number of aromatic hydroxyl groups is 1. The molecular formula is C16H12ClN3O2. The molecule has 0 amide bonds. The number of aromatic amines is 1. The molecule has 0 aliphatic heterocycles. The van der Waals surface area contributed by atoms with Crippen LogP contribution in [-0.4, -0.2) is 15.1 Å². The zero-order chi connectivity index (χ0) is 15.5. The Morgan fingerprint density at radius 1 is 1.09 bits per heavy atom. The minimum absolute atomic E-state index is 0.00365. The molecule has 110 valence electrons. The van der Waals surface area contributed by atoms with Crippen molar-refractivity contribution in [1.82, 2.24) is 9.97 Å². The van der Waals surface area contributed by atoms with Crippen LogP contribution in [0.1, 0.15) is 0 Å². The number of halogens is 1. The van der Waals surface area contributed by atoms with E-state index < -0.39 is 5.69 Å². The normalized spacial score (nSPS) is 10.4. The Morgan fingerprint density at radius 2 is 1.86 bits per heavy atom. The van der Waals surface area contributed by atoms with E-state index in [-0.39, 0.29) is 10.8 Å². The fourth-order valence-electron chi connectivity index (χ4n) is 2.03. The van der Waals surface area contributed by atoms with Gasteiger partial charge in [-0.15, -0.1) is 0 Å². The van der Waals surface area contributed by atoms with Gasteiger partial charge in [-0.3, -0.25) is 0 Å². The third-order valence-electron chi connectivity index (χ3n) is 3.05. The molecule has 0 atom stereocenters.